The highest BCUT2D eigenvalue weighted by Gasteiger charge is 2.13. The summed E-state index contributed by atoms with van der Waals surface area (Å²) in [5.74, 6) is 0.556. The van der Waals surface area contributed by atoms with Crippen LogP contribution in [0.15, 0.2) is 18.2 Å². The first-order valence-electron chi connectivity index (χ1n) is 5.67. The van der Waals surface area contributed by atoms with Gasteiger partial charge in [-0.25, -0.2) is 0 Å². The Morgan fingerprint density at radius 1 is 1.29 bits per heavy atom. The molecular formula is C13H19N. The van der Waals surface area contributed by atoms with Crippen molar-refractivity contribution in [3.05, 3.63) is 34.9 Å². The van der Waals surface area contributed by atoms with Crippen LogP contribution in [0.25, 0.3) is 0 Å². The van der Waals surface area contributed by atoms with Crippen molar-refractivity contribution in [2.45, 2.75) is 38.5 Å². The number of fused-ring (bicyclic) bond motifs is 1. The molecule has 0 saturated heterocycles. The average Bonchev–Trinajstić information content (AvgIpc) is 2.66. The molecule has 0 saturated carbocycles. The fraction of sp³-hybridized carbons (Fsp3) is 0.538. The van der Waals surface area contributed by atoms with Gasteiger partial charge in [-0.2, -0.15) is 0 Å². The lowest BCUT2D eigenvalue weighted by atomic mass is 9.94. The van der Waals surface area contributed by atoms with Crippen molar-refractivity contribution in [2.75, 3.05) is 6.54 Å². The van der Waals surface area contributed by atoms with Crippen molar-refractivity contribution in [1.29, 1.82) is 0 Å². The zero-order chi connectivity index (χ0) is 9.97. The van der Waals surface area contributed by atoms with Crippen LogP contribution in [0.1, 0.15) is 42.4 Å². The third-order valence-corrected chi connectivity index (χ3v) is 3.37. The summed E-state index contributed by atoms with van der Waals surface area (Å²) in [6, 6.07) is 6.95. The monoisotopic (exact) mass is 189 g/mol. The van der Waals surface area contributed by atoms with Gasteiger partial charge in [0, 0.05) is 0 Å². The lowest BCUT2D eigenvalue weighted by Crippen LogP contribution is -2.11. The van der Waals surface area contributed by atoms with Gasteiger partial charge in [-0.05, 0) is 54.8 Å². The van der Waals surface area contributed by atoms with Gasteiger partial charge in [0.25, 0.3) is 0 Å². The topological polar surface area (TPSA) is 26.0 Å². The van der Waals surface area contributed by atoms with E-state index in [2.05, 4.69) is 25.1 Å². The summed E-state index contributed by atoms with van der Waals surface area (Å²) < 4.78 is 0. The Morgan fingerprint density at radius 2 is 2.07 bits per heavy atom. The third-order valence-electron chi connectivity index (χ3n) is 3.37. The van der Waals surface area contributed by atoms with Gasteiger partial charge in [0.05, 0.1) is 0 Å². The van der Waals surface area contributed by atoms with Crippen molar-refractivity contribution >= 4 is 0 Å². The van der Waals surface area contributed by atoms with E-state index in [9.17, 15) is 0 Å². The molecule has 1 atom stereocenters. The first-order valence-corrected chi connectivity index (χ1v) is 5.67. The molecule has 0 spiro atoms. The Hall–Kier alpha value is -0.820. The van der Waals surface area contributed by atoms with E-state index in [1.165, 1.54) is 24.8 Å². The van der Waals surface area contributed by atoms with E-state index in [-0.39, 0.29) is 0 Å². The summed E-state index contributed by atoms with van der Waals surface area (Å²) in [6.45, 7) is 2.99. The maximum Gasteiger partial charge on any atom is -0.000834 e. The second kappa shape index (κ2) is 4.14. The smallest absolute Gasteiger partial charge is 0.000834 e. The Balaban J connectivity index is 2.27. The predicted molar refractivity (Wildman–Crippen MR) is 60.6 cm³/mol. The molecule has 1 aliphatic carbocycles. The summed E-state index contributed by atoms with van der Waals surface area (Å²) in [5.41, 5.74) is 10.3. The molecule has 0 aliphatic heterocycles. The second-order valence-electron chi connectivity index (χ2n) is 4.22. The number of hydrogen-bond donors (Lipinski definition) is 1. The fourth-order valence-corrected chi connectivity index (χ4v) is 2.38. The van der Waals surface area contributed by atoms with E-state index < -0.39 is 0 Å². The molecule has 0 amide bonds. The van der Waals surface area contributed by atoms with Crippen LogP contribution in [-0.4, -0.2) is 6.54 Å². The number of rotatable bonds is 3. The van der Waals surface area contributed by atoms with E-state index in [1.54, 1.807) is 11.1 Å². The van der Waals surface area contributed by atoms with Crippen LogP contribution >= 0.6 is 0 Å². The highest BCUT2D eigenvalue weighted by atomic mass is 14.5. The van der Waals surface area contributed by atoms with Crippen molar-refractivity contribution in [3.63, 3.8) is 0 Å². The SMILES string of the molecule is CC[C@@H](CN)c1ccc2c(c1)CCC2. The van der Waals surface area contributed by atoms with Gasteiger partial charge in [-0.3, -0.25) is 0 Å². The quantitative estimate of drug-likeness (QED) is 0.777. The van der Waals surface area contributed by atoms with Crippen molar-refractivity contribution in [3.8, 4) is 0 Å². The molecule has 1 aliphatic rings. The minimum absolute atomic E-state index is 0.556. The number of aryl methyl sites for hydroxylation is 2. The largest absolute Gasteiger partial charge is 0.330 e. The van der Waals surface area contributed by atoms with Gasteiger partial charge in [0.2, 0.25) is 0 Å². The molecule has 1 aromatic rings. The Labute approximate surface area is 86.3 Å². The molecule has 76 valence electrons. The molecular weight excluding hydrogens is 170 g/mol. The number of hydrogen-bond acceptors (Lipinski definition) is 1. The molecule has 1 aromatic carbocycles. The first kappa shape index (κ1) is 9.72. The molecule has 0 radical (unpaired) electrons. The van der Waals surface area contributed by atoms with E-state index in [0.29, 0.717) is 5.92 Å². The molecule has 1 heteroatoms. The molecule has 2 rings (SSSR count). The van der Waals surface area contributed by atoms with Gasteiger partial charge >= 0.3 is 0 Å². The Kier molecular flexibility index (Phi) is 2.87. The standard InChI is InChI=1S/C13H19N/c1-2-10(9-14)13-7-6-11-4-3-5-12(11)8-13/h6-8,10H,2-5,9,14H2,1H3/t10-/m0/s1. The van der Waals surface area contributed by atoms with Crippen molar-refractivity contribution < 1.29 is 0 Å². The van der Waals surface area contributed by atoms with Crippen LogP contribution in [0.3, 0.4) is 0 Å². The average molecular weight is 189 g/mol. The molecule has 0 aromatic heterocycles. The zero-order valence-electron chi connectivity index (χ0n) is 8.92. The molecule has 0 heterocycles. The van der Waals surface area contributed by atoms with Gasteiger partial charge in [0.1, 0.15) is 0 Å². The highest BCUT2D eigenvalue weighted by Crippen LogP contribution is 2.26. The van der Waals surface area contributed by atoms with E-state index in [1.807, 2.05) is 0 Å². The maximum atomic E-state index is 5.76. The van der Waals surface area contributed by atoms with Crippen LogP contribution in [0.4, 0.5) is 0 Å². The second-order valence-corrected chi connectivity index (χ2v) is 4.22. The minimum Gasteiger partial charge on any atom is -0.330 e. The Morgan fingerprint density at radius 3 is 2.79 bits per heavy atom. The van der Waals surface area contributed by atoms with E-state index in [4.69, 9.17) is 5.73 Å². The number of benzene rings is 1. The van der Waals surface area contributed by atoms with Gasteiger partial charge < -0.3 is 5.73 Å². The van der Waals surface area contributed by atoms with E-state index >= 15 is 0 Å². The fourth-order valence-electron chi connectivity index (χ4n) is 2.38. The van der Waals surface area contributed by atoms with Gasteiger partial charge in [-0.1, -0.05) is 25.1 Å². The molecule has 1 nitrogen and oxygen atoms in total. The molecule has 2 N–H and O–H groups in total. The van der Waals surface area contributed by atoms with Gasteiger partial charge in [0.15, 0.2) is 0 Å². The highest BCUT2D eigenvalue weighted by molar-refractivity contribution is 5.36. The van der Waals surface area contributed by atoms with Crippen LogP contribution in [-0.2, 0) is 12.8 Å². The predicted octanol–water partition coefficient (Wildman–Crippen LogP) is 2.63. The van der Waals surface area contributed by atoms with Crippen molar-refractivity contribution in [2.24, 2.45) is 5.73 Å². The summed E-state index contributed by atoms with van der Waals surface area (Å²) in [7, 11) is 0. The first-order chi connectivity index (χ1) is 6.85. The zero-order valence-corrected chi connectivity index (χ0v) is 8.92. The van der Waals surface area contributed by atoms with Crippen molar-refractivity contribution in [1.82, 2.24) is 0 Å². The van der Waals surface area contributed by atoms with Crippen LogP contribution < -0.4 is 5.73 Å². The van der Waals surface area contributed by atoms with Crippen LogP contribution in [0, 0.1) is 0 Å². The molecule has 0 unspecified atom stereocenters. The molecule has 0 bridgehead atoms. The summed E-state index contributed by atoms with van der Waals surface area (Å²) in [6.07, 6.45) is 5.02. The molecule has 14 heavy (non-hydrogen) atoms. The minimum atomic E-state index is 0.556. The maximum absolute atomic E-state index is 5.76. The summed E-state index contributed by atoms with van der Waals surface area (Å²) in [5, 5.41) is 0. The molecule has 0 fully saturated rings. The van der Waals surface area contributed by atoms with Crippen LogP contribution in [0.2, 0.25) is 0 Å². The Bertz CT molecular complexity index is 313. The third kappa shape index (κ3) is 1.69. The normalized spacial score (nSPS) is 16.7. The lowest BCUT2D eigenvalue weighted by molar-refractivity contribution is 0.673. The summed E-state index contributed by atoms with van der Waals surface area (Å²) >= 11 is 0. The van der Waals surface area contributed by atoms with Gasteiger partial charge in [-0.15, -0.1) is 0 Å². The lowest BCUT2D eigenvalue weighted by Gasteiger charge is -2.13. The number of nitrogens with two attached hydrogens (primary N) is 1. The summed E-state index contributed by atoms with van der Waals surface area (Å²) in [4.78, 5) is 0. The van der Waals surface area contributed by atoms with Crippen LogP contribution in [0.5, 0.6) is 0 Å². The van der Waals surface area contributed by atoms with E-state index in [0.717, 1.165) is 13.0 Å².